The molecule has 0 aliphatic carbocycles. The summed E-state index contributed by atoms with van der Waals surface area (Å²) in [6.07, 6.45) is 8.71. The summed E-state index contributed by atoms with van der Waals surface area (Å²) in [5.41, 5.74) is 0.0286. The molecule has 38 heavy (non-hydrogen) atoms. The number of carbonyl (C=O) groups is 3. The van der Waals surface area contributed by atoms with Gasteiger partial charge in [-0.05, 0) is 69.0 Å². The van der Waals surface area contributed by atoms with Gasteiger partial charge in [-0.3, -0.25) is 4.79 Å². The van der Waals surface area contributed by atoms with Crippen molar-refractivity contribution in [1.82, 2.24) is 0 Å². The average Bonchev–Trinajstić information content (AvgIpc) is 2.89. The van der Waals surface area contributed by atoms with E-state index in [0.29, 0.717) is 18.6 Å². The Balaban J connectivity index is 1.82. The summed E-state index contributed by atoms with van der Waals surface area (Å²) in [4.78, 5) is 36.8. The minimum Gasteiger partial charge on any atom is -0.459 e. The molecule has 0 fully saturated rings. The zero-order chi connectivity index (χ0) is 27.8. The fourth-order valence-electron chi connectivity index (χ4n) is 3.77. The molecule has 208 valence electrons. The number of hydrogen-bond acceptors (Lipinski definition) is 7. The van der Waals surface area contributed by atoms with Crippen LogP contribution in [0, 0.1) is 5.82 Å². The Morgan fingerprint density at radius 3 is 2.18 bits per heavy atom. The van der Waals surface area contributed by atoms with E-state index in [9.17, 15) is 18.8 Å². The minimum absolute atomic E-state index is 0.0193. The molecular formula is C30H39FO7. The fourth-order valence-corrected chi connectivity index (χ4v) is 3.77. The summed E-state index contributed by atoms with van der Waals surface area (Å²) in [5, 5.41) is 0. The largest absolute Gasteiger partial charge is 0.459 e. The van der Waals surface area contributed by atoms with Gasteiger partial charge in [-0.15, -0.1) is 0 Å². The lowest BCUT2D eigenvalue weighted by molar-refractivity contribution is -0.134. The highest BCUT2D eigenvalue weighted by atomic mass is 19.1. The van der Waals surface area contributed by atoms with E-state index in [1.165, 1.54) is 42.8 Å². The Kier molecular flexibility index (Phi) is 14.1. The molecular weight excluding hydrogens is 491 g/mol. The van der Waals surface area contributed by atoms with Crippen molar-refractivity contribution in [2.45, 2.75) is 84.2 Å². The zero-order valence-electron chi connectivity index (χ0n) is 22.6. The molecule has 0 aromatic heterocycles. The third-order valence-corrected chi connectivity index (χ3v) is 5.94. The summed E-state index contributed by atoms with van der Waals surface area (Å²) >= 11 is 0. The summed E-state index contributed by atoms with van der Waals surface area (Å²) < 4.78 is 35.4. The molecule has 8 heteroatoms. The quantitative estimate of drug-likeness (QED) is 0.123. The first-order valence-corrected chi connectivity index (χ1v) is 13.4. The van der Waals surface area contributed by atoms with Crippen LogP contribution in [0.15, 0.2) is 42.5 Å². The normalized spacial score (nSPS) is 11.6. The number of ether oxygens (including phenoxy) is 4. The lowest BCUT2D eigenvalue weighted by Gasteiger charge is -2.13. The SMILES string of the molecule is CCCCCC[C@@H](C)OC(=O)c1ccc(OC(=O)c2ccc(OC(=O)CCCCCCOC)cc2F)cc1. The first-order valence-electron chi connectivity index (χ1n) is 13.4. The zero-order valence-corrected chi connectivity index (χ0v) is 22.6. The molecule has 0 amide bonds. The average molecular weight is 531 g/mol. The Morgan fingerprint density at radius 1 is 0.816 bits per heavy atom. The molecule has 7 nitrogen and oxygen atoms in total. The molecule has 0 unspecified atom stereocenters. The molecule has 1 atom stereocenters. The predicted octanol–water partition coefficient (Wildman–Crippen LogP) is 7.06. The third-order valence-electron chi connectivity index (χ3n) is 5.94. The van der Waals surface area contributed by atoms with Gasteiger partial charge in [-0.25, -0.2) is 14.0 Å². The molecule has 2 aromatic carbocycles. The van der Waals surface area contributed by atoms with Crippen LogP contribution in [-0.2, 0) is 14.3 Å². The monoisotopic (exact) mass is 530 g/mol. The van der Waals surface area contributed by atoms with Gasteiger partial charge in [0.15, 0.2) is 0 Å². The van der Waals surface area contributed by atoms with Gasteiger partial charge in [0, 0.05) is 26.2 Å². The van der Waals surface area contributed by atoms with Crippen molar-refractivity contribution < 1.29 is 37.7 Å². The molecule has 0 heterocycles. The van der Waals surface area contributed by atoms with E-state index >= 15 is 0 Å². The van der Waals surface area contributed by atoms with Crippen LogP contribution in [0.1, 0.15) is 98.8 Å². The lowest BCUT2D eigenvalue weighted by atomic mass is 10.1. The first kappa shape index (κ1) is 31.0. The molecule has 0 bridgehead atoms. The van der Waals surface area contributed by atoms with Crippen molar-refractivity contribution in [2.75, 3.05) is 13.7 Å². The summed E-state index contributed by atoms with van der Waals surface area (Å²) in [6, 6.07) is 9.41. The van der Waals surface area contributed by atoms with Crippen molar-refractivity contribution in [1.29, 1.82) is 0 Å². The Bertz CT molecular complexity index is 1020. The van der Waals surface area contributed by atoms with Gasteiger partial charge in [-0.1, -0.05) is 39.0 Å². The highest BCUT2D eigenvalue weighted by molar-refractivity contribution is 5.92. The van der Waals surface area contributed by atoms with Gasteiger partial charge in [-0.2, -0.15) is 0 Å². The van der Waals surface area contributed by atoms with Gasteiger partial charge in [0.25, 0.3) is 0 Å². The second-order valence-corrected chi connectivity index (χ2v) is 9.25. The number of halogens is 1. The molecule has 0 spiro atoms. The Hall–Kier alpha value is -3.26. The van der Waals surface area contributed by atoms with Crippen LogP contribution in [0.2, 0.25) is 0 Å². The van der Waals surface area contributed by atoms with Gasteiger partial charge in [0.05, 0.1) is 17.2 Å². The maximum absolute atomic E-state index is 14.5. The van der Waals surface area contributed by atoms with Gasteiger partial charge >= 0.3 is 17.9 Å². The first-order chi connectivity index (χ1) is 18.3. The third kappa shape index (κ3) is 11.4. The van der Waals surface area contributed by atoms with E-state index in [2.05, 4.69) is 6.92 Å². The van der Waals surface area contributed by atoms with E-state index in [-0.39, 0.29) is 29.6 Å². The maximum atomic E-state index is 14.5. The maximum Gasteiger partial charge on any atom is 0.346 e. The van der Waals surface area contributed by atoms with Crippen LogP contribution in [0.3, 0.4) is 0 Å². The lowest BCUT2D eigenvalue weighted by Crippen LogP contribution is -2.15. The molecule has 0 saturated carbocycles. The molecule has 0 N–H and O–H groups in total. The Labute approximate surface area is 224 Å². The minimum atomic E-state index is -0.910. The summed E-state index contributed by atoms with van der Waals surface area (Å²) in [6.45, 7) is 4.70. The topological polar surface area (TPSA) is 88.1 Å². The van der Waals surface area contributed by atoms with Crippen LogP contribution in [0.5, 0.6) is 11.5 Å². The van der Waals surface area contributed by atoms with Crippen molar-refractivity contribution in [2.24, 2.45) is 0 Å². The van der Waals surface area contributed by atoms with Crippen LogP contribution in [0.25, 0.3) is 0 Å². The molecule has 2 aromatic rings. The van der Waals surface area contributed by atoms with Gasteiger partial charge < -0.3 is 18.9 Å². The van der Waals surface area contributed by atoms with Gasteiger partial charge in [0.1, 0.15) is 17.3 Å². The number of unbranched alkanes of at least 4 members (excludes halogenated alkanes) is 6. The van der Waals surface area contributed by atoms with Crippen molar-refractivity contribution >= 4 is 17.9 Å². The highest BCUT2D eigenvalue weighted by Crippen LogP contribution is 2.21. The van der Waals surface area contributed by atoms with E-state index in [4.69, 9.17) is 18.9 Å². The highest BCUT2D eigenvalue weighted by Gasteiger charge is 2.17. The number of carbonyl (C=O) groups excluding carboxylic acids is 3. The number of methoxy groups -OCH3 is 1. The number of hydrogen-bond donors (Lipinski definition) is 0. The smallest absolute Gasteiger partial charge is 0.346 e. The summed E-state index contributed by atoms with van der Waals surface area (Å²) in [5.74, 6) is -2.52. The van der Waals surface area contributed by atoms with Crippen molar-refractivity contribution in [3.05, 3.63) is 59.4 Å². The van der Waals surface area contributed by atoms with Gasteiger partial charge in [0.2, 0.25) is 0 Å². The van der Waals surface area contributed by atoms with Crippen LogP contribution < -0.4 is 9.47 Å². The fraction of sp³-hybridized carbons (Fsp3) is 0.500. The number of esters is 3. The second-order valence-electron chi connectivity index (χ2n) is 9.25. The number of rotatable bonds is 17. The van der Waals surface area contributed by atoms with Crippen LogP contribution >= 0.6 is 0 Å². The Morgan fingerprint density at radius 2 is 1.50 bits per heavy atom. The molecule has 2 rings (SSSR count). The van der Waals surface area contributed by atoms with Crippen molar-refractivity contribution in [3.8, 4) is 11.5 Å². The summed E-state index contributed by atoms with van der Waals surface area (Å²) in [7, 11) is 1.65. The molecule has 0 saturated heterocycles. The predicted molar refractivity (Wildman–Crippen MR) is 142 cm³/mol. The molecule has 0 aliphatic heterocycles. The van der Waals surface area contributed by atoms with E-state index in [1.807, 2.05) is 6.92 Å². The van der Waals surface area contributed by atoms with E-state index in [0.717, 1.165) is 51.0 Å². The molecule has 0 aliphatic rings. The van der Waals surface area contributed by atoms with E-state index in [1.54, 1.807) is 7.11 Å². The number of benzene rings is 2. The van der Waals surface area contributed by atoms with Crippen molar-refractivity contribution in [3.63, 3.8) is 0 Å². The standard InChI is InChI=1S/C30H39FO7/c1-4-5-6-9-12-22(2)36-29(33)23-14-16-24(17-15-23)38-30(34)26-19-18-25(21-27(26)31)37-28(32)13-10-7-8-11-20-35-3/h14-19,21-22H,4-13,20H2,1-3H3/t22-/m1/s1. The molecule has 0 radical (unpaired) electrons. The van der Waals surface area contributed by atoms with E-state index < -0.39 is 23.7 Å². The second kappa shape index (κ2) is 17.3. The van der Waals surface area contributed by atoms with Crippen LogP contribution in [-0.4, -0.2) is 37.7 Å². The van der Waals surface area contributed by atoms with Crippen LogP contribution in [0.4, 0.5) is 4.39 Å².